The van der Waals surface area contributed by atoms with Crippen molar-refractivity contribution < 1.29 is 14.6 Å². The Morgan fingerprint density at radius 2 is 2.20 bits per heavy atom. The summed E-state index contributed by atoms with van der Waals surface area (Å²) in [6.45, 7) is 4.39. The van der Waals surface area contributed by atoms with Crippen molar-refractivity contribution in [3.05, 3.63) is 35.4 Å². The van der Waals surface area contributed by atoms with E-state index >= 15 is 0 Å². The van der Waals surface area contributed by atoms with Crippen LogP contribution in [0.25, 0.3) is 0 Å². The standard InChI is InChI=1S/C16H23NO3/c1-12(16(18)19)14-6-4-13(5-7-14)11-17-9-8-15-3-2-10-20-15/h4-7,12,15,17H,2-3,8-11H2,1H3,(H,18,19). The highest BCUT2D eigenvalue weighted by molar-refractivity contribution is 5.75. The maximum Gasteiger partial charge on any atom is 0.310 e. The highest BCUT2D eigenvalue weighted by atomic mass is 16.5. The number of nitrogens with one attached hydrogen (secondary N) is 1. The number of carbonyl (C=O) groups is 1. The summed E-state index contributed by atoms with van der Waals surface area (Å²) in [4.78, 5) is 10.9. The van der Waals surface area contributed by atoms with Crippen molar-refractivity contribution in [1.29, 1.82) is 0 Å². The summed E-state index contributed by atoms with van der Waals surface area (Å²) < 4.78 is 5.57. The molecule has 0 aromatic heterocycles. The number of hydrogen-bond donors (Lipinski definition) is 2. The van der Waals surface area contributed by atoms with E-state index in [0.29, 0.717) is 6.10 Å². The van der Waals surface area contributed by atoms with Gasteiger partial charge in [-0.25, -0.2) is 0 Å². The first-order valence-electron chi connectivity index (χ1n) is 7.31. The highest BCUT2D eigenvalue weighted by Crippen LogP contribution is 2.16. The Bertz CT molecular complexity index is 424. The molecule has 20 heavy (non-hydrogen) atoms. The first-order chi connectivity index (χ1) is 9.66. The lowest BCUT2D eigenvalue weighted by Gasteiger charge is -2.11. The van der Waals surface area contributed by atoms with Crippen LogP contribution in [0.15, 0.2) is 24.3 Å². The third kappa shape index (κ3) is 4.32. The van der Waals surface area contributed by atoms with Gasteiger partial charge in [-0.1, -0.05) is 24.3 Å². The molecule has 1 heterocycles. The van der Waals surface area contributed by atoms with Crippen LogP contribution in [0.5, 0.6) is 0 Å². The van der Waals surface area contributed by atoms with Crippen molar-refractivity contribution in [2.24, 2.45) is 0 Å². The van der Waals surface area contributed by atoms with Gasteiger partial charge in [0, 0.05) is 13.2 Å². The normalized spacial score (nSPS) is 19.9. The van der Waals surface area contributed by atoms with E-state index in [4.69, 9.17) is 9.84 Å². The zero-order valence-corrected chi connectivity index (χ0v) is 12.0. The predicted molar refractivity (Wildman–Crippen MR) is 77.8 cm³/mol. The molecule has 1 aliphatic heterocycles. The fraction of sp³-hybridized carbons (Fsp3) is 0.562. The smallest absolute Gasteiger partial charge is 0.310 e. The fourth-order valence-electron chi connectivity index (χ4n) is 2.43. The molecular weight excluding hydrogens is 254 g/mol. The molecule has 0 aliphatic carbocycles. The minimum Gasteiger partial charge on any atom is -0.481 e. The molecule has 4 heteroatoms. The molecule has 1 aromatic carbocycles. The van der Waals surface area contributed by atoms with Crippen molar-refractivity contribution >= 4 is 5.97 Å². The lowest BCUT2D eigenvalue weighted by Crippen LogP contribution is -2.19. The Balaban J connectivity index is 1.71. The lowest BCUT2D eigenvalue weighted by molar-refractivity contribution is -0.138. The van der Waals surface area contributed by atoms with Crippen LogP contribution in [0.1, 0.15) is 43.2 Å². The van der Waals surface area contributed by atoms with E-state index in [1.165, 1.54) is 18.4 Å². The topological polar surface area (TPSA) is 58.6 Å². The van der Waals surface area contributed by atoms with Crippen molar-refractivity contribution in [2.75, 3.05) is 13.2 Å². The first kappa shape index (κ1) is 15.0. The second-order valence-electron chi connectivity index (χ2n) is 5.40. The minimum absolute atomic E-state index is 0.432. The number of carboxylic acids is 1. The molecule has 1 fully saturated rings. The first-order valence-corrected chi connectivity index (χ1v) is 7.31. The minimum atomic E-state index is -0.785. The molecule has 0 radical (unpaired) electrons. The summed E-state index contributed by atoms with van der Waals surface area (Å²) in [5.74, 6) is -1.23. The largest absolute Gasteiger partial charge is 0.481 e. The van der Waals surface area contributed by atoms with Gasteiger partial charge in [0.2, 0.25) is 0 Å². The van der Waals surface area contributed by atoms with Crippen molar-refractivity contribution in [2.45, 2.75) is 44.8 Å². The number of benzene rings is 1. The molecule has 0 saturated carbocycles. The maximum atomic E-state index is 10.9. The van der Waals surface area contributed by atoms with Crippen LogP contribution >= 0.6 is 0 Å². The zero-order valence-electron chi connectivity index (χ0n) is 12.0. The van der Waals surface area contributed by atoms with Crippen LogP contribution in [-0.4, -0.2) is 30.3 Å². The van der Waals surface area contributed by atoms with Crippen molar-refractivity contribution in [1.82, 2.24) is 5.32 Å². The van der Waals surface area contributed by atoms with Crippen LogP contribution in [-0.2, 0) is 16.1 Å². The van der Waals surface area contributed by atoms with Crippen LogP contribution in [0.2, 0.25) is 0 Å². The Labute approximate surface area is 120 Å². The van der Waals surface area contributed by atoms with Gasteiger partial charge in [0.25, 0.3) is 0 Å². The summed E-state index contributed by atoms with van der Waals surface area (Å²) in [5, 5.41) is 12.4. The van der Waals surface area contributed by atoms with Gasteiger partial charge in [0.05, 0.1) is 12.0 Å². The number of rotatable bonds is 7. The Hall–Kier alpha value is -1.39. The molecule has 0 bridgehead atoms. The third-order valence-electron chi connectivity index (χ3n) is 3.85. The molecule has 110 valence electrons. The van der Waals surface area contributed by atoms with E-state index in [9.17, 15) is 4.79 Å². The average molecular weight is 277 g/mol. The molecule has 2 atom stereocenters. The number of hydrogen-bond acceptors (Lipinski definition) is 3. The van der Waals surface area contributed by atoms with E-state index < -0.39 is 11.9 Å². The van der Waals surface area contributed by atoms with E-state index in [2.05, 4.69) is 5.32 Å². The SMILES string of the molecule is CC(C(=O)O)c1ccc(CNCCC2CCCO2)cc1. The molecule has 2 rings (SSSR count). The number of aliphatic carboxylic acids is 1. The van der Waals surface area contributed by atoms with Gasteiger partial charge in [0.15, 0.2) is 0 Å². The Kier molecular flexibility index (Phi) is 5.56. The highest BCUT2D eigenvalue weighted by Gasteiger charge is 2.14. The van der Waals surface area contributed by atoms with Crippen LogP contribution in [0.3, 0.4) is 0 Å². The molecule has 2 N–H and O–H groups in total. The molecule has 1 aromatic rings. The van der Waals surface area contributed by atoms with E-state index in [0.717, 1.165) is 31.7 Å². The van der Waals surface area contributed by atoms with Gasteiger partial charge in [-0.15, -0.1) is 0 Å². The van der Waals surface area contributed by atoms with Gasteiger partial charge >= 0.3 is 5.97 Å². The number of ether oxygens (including phenoxy) is 1. The molecule has 4 nitrogen and oxygen atoms in total. The summed E-state index contributed by atoms with van der Waals surface area (Å²) >= 11 is 0. The van der Waals surface area contributed by atoms with Gasteiger partial charge in [0.1, 0.15) is 0 Å². The molecular formula is C16H23NO3. The fourth-order valence-corrected chi connectivity index (χ4v) is 2.43. The summed E-state index contributed by atoms with van der Waals surface area (Å²) in [5.41, 5.74) is 2.03. The quantitative estimate of drug-likeness (QED) is 0.752. The van der Waals surface area contributed by atoms with Crippen LogP contribution < -0.4 is 5.32 Å². The molecule has 1 aliphatic rings. The Morgan fingerprint density at radius 1 is 1.45 bits per heavy atom. The maximum absolute atomic E-state index is 10.9. The van der Waals surface area contributed by atoms with Gasteiger partial charge in [-0.2, -0.15) is 0 Å². The van der Waals surface area contributed by atoms with Gasteiger partial charge < -0.3 is 15.2 Å². The van der Waals surface area contributed by atoms with E-state index in [1.54, 1.807) is 6.92 Å². The lowest BCUT2D eigenvalue weighted by atomic mass is 10.00. The predicted octanol–water partition coefficient (Wildman–Crippen LogP) is 2.53. The Morgan fingerprint density at radius 3 is 2.80 bits per heavy atom. The monoisotopic (exact) mass is 277 g/mol. The molecule has 0 amide bonds. The number of carboxylic acid groups (broad SMARTS) is 1. The second kappa shape index (κ2) is 7.41. The van der Waals surface area contributed by atoms with Gasteiger partial charge in [-0.3, -0.25) is 4.79 Å². The summed E-state index contributed by atoms with van der Waals surface area (Å²) in [6, 6.07) is 7.79. The molecule has 2 unspecified atom stereocenters. The van der Waals surface area contributed by atoms with E-state index in [-0.39, 0.29) is 0 Å². The molecule has 1 saturated heterocycles. The summed E-state index contributed by atoms with van der Waals surface area (Å²) in [7, 11) is 0. The second-order valence-corrected chi connectivity index (χ2v) is 5.40. The van der Waals surface area contributed by atoms with Crippen molar-refractivity contribution in [3.63, 3.8) is 0 Å². The summed E-state index contributed by atoms with van der Waals surface area (Å²) in [6.07, 6.45) is 3.87. The van der Waals surface area contributed by atoms with Crippen LogP contribution in [0, 0.1) is 0 Å². The molecule has 0 spiro atoms. The van der Waals surface area contributed by atoms with Crippen LogP contribution in [0.4, 0.5) is 0 Å². The average Bonchev–Trinajstić information content (AvgIpc) is 2.96. The van der Waals surface area contributed by atoms with E-state index in [1.807, 2.05) is 24.3 Å². The zero-order chi connectivity index (χ0) is 14.4. The third-order valence-corrected chi connectivity index (χ3v) is 3.85. The van der Waals surface area contributed by atoms with Gasteiger partial charge in [-0.05, 0) is 43.9 Å². The van der Waals surface area contributed by atoms with Crippen molar-refractivity contribution in [3.8, 4) is 0 Å².